The van der Waals surface area contributed by atoms with E-state index in [0.29, 0.717) is 0 Å². The van der Waals surface area contributed by atoms with Gasteiger partial charge < -0.3 is 19.4 Å². The van der Waals surface area contributed by atoms with Crippen molar-refractivity contribution in [1.29, 1.82) is 0 Å². The molecule has 0 amide bonds. The normalized spacial score (nSPS) is 15.5. The number of aryl methyl sites for hydroxylation is 2. The van der Waals surface area contributed by atoms with Crippen LogP contribution >= 0.6 is 0 Å². The molecule has 5 nitrogen and oxygen atoms in total. The summed E-state index contributed by atoms with van der Waals surface area (Å²) >= 11 is 0. The van der Waals surface area contributed by atoms with Crippen LogP contribution in [0.2, 0.25) is 0 Å². The van der Waals surface area contributed by atoms with Crippen molar-refractivity contribution in [1.82, 2.24) is 9.97 Å². The summed E-state index contributed by atoms with van der Waals surface area (Å²) in [7, 11) is 3.34. The Morgan fingerprint density at radius 2 is 1.85 bits per heavy atom. The molecule has 1 aliphatic rings. The number of fused-ring (bicyclic) bond motifs is 1. The number of methoxy groups -OCH3 is 2. The van der Waals surface area contributed by atoms with E-state index in [2.05, 4.69) is 42.0 Å². The van der Waals surface area contributed by atoms with E-state index in [-0.39, 0.29) is 0 Å². The summed E-state index contributed by atoms with van der Waals surface area (Å²) in [5.41, 5.74) is 4.28. The van der Waals surface area contributed by atoms with Gasteiger partial charge in [-0.3, -0.25) is 0 Å². The number of aromatic amines is 2. The molecule has 0 aliphatic carbocycles. The van der Waals surface area contributed by atoms with Crippen molar-refractivity contribution in [2.75, 3.05) is 14.2 Å². The number of hydrogen-bond donors (Lipinski definition) is 2. The smallest absolute Gasteiger partial charge is 0.144 e. The first-order valence-electron chi connectivity index (χ1n) is 8.47. The van der Waals surface area contributed by atoms with Gasteiger partial charge in [0.15, 0.2) is 0 Å². The number of benzene rings is 1. The first-order valence-corrected chi connectivity index (χ1v) is 8.47. The maximum atomic E-state index is 5.55. The van der Waals surface area contributed by atoms with Gasteiger partial charge in [0.05, 0.1) is 36.0 Å². The van der Waals surface area contributed by atoms with Crippen LogP contribution in [-0.2, 0) is 0 Å². The van der Waals surface area contributed by atoms with Gasteiger partial charge in [0.2, 0.25) is 0 Å². The van der Waals surface area contributed by atoms with Crippen LogP contribution in [0.1, 0.15) is 17.0 Å². The molecule has 3 heterocycles. The first kappa shape index (κ1) is 16.3. The van der Waals surface area contributed by atoms with Crippen molar-refractivity contribution in [3.63, 3.8) is 0 Å². The van der Waals surface area contributed by atoms with Crippen molar-refractivity contribution in [2.24, 2.45) is 4.99 Å². The zero-order valence-electron chi connectivity index (χ0n) is 15.3. The summed E-state index contributed by atoms with van der Waals surface area (Å²) in [4.78, 5) is 11.5. The summed E-state index contributed by atoms with van der Waals surface area (Å²) < 4.78 is 10.8. The minimum absolute atomic E-state index is 0.788. The number of ether oxygens (including phenoxy) is 2. The lowest BCUT2D eigenvalue weighted by molar-refractivity contribution is 0.412. The second kappa shape index (κ2) is 6.26. The topological polar surface area (TPSA) is 62.4 Å². The van der Waals surface area contributed by atoms with Gasteiger partial charge in [-0.1, -0.05) is 0 Å². The second-order valence-electron chi connectivity index (χ2n) is 6.42. The highest BCUT2D eigenvalue weighted by molar-refractivity contribution is 5.77. The quantitative estimate of drug-likeness (QED) is 0.743. The van der Waals surface area contributed by atoms with E-state index in [0.717, 1.165) is 49.9 Å². The molecule has 0 bridgehead atoms. The van der Waals surface area contributed by atoms with Crippen molar-refractivity contribution in [3.8, 4) is 11.5 Å². The highest BCUT2D eigenvalue weighted by atomic mass is 16.5. The predicted molar refractivity (Wildman–Crippen MR) is 102 cm³/mol. The van der Waals surface area contributed by atoms with Crippen molar-refractivity contribution in [3.05, 3.63) is 68.6 Å². The van der Waals surface area contributed by atoms with E-state index < -0.39 is 0 Å². The molecule has 0 spiro atoms. The fourth-order valence-corrected chi connectivity index (χ4v) is 3.23. The summed E-state index contributed by atoms with van der Waals surface area (Å²) in [5, 5.41) is 3.83. The lowest BCUT2D eigenvalue weighted by atomic mass is 10.2. The summed E-state index contributed by atoms with van der Waals surface area (Å²) in [6, 6.07) is 9.99. The van der Waals surface area contributed by atoms with Crippen LogP contribution in [0.5, 0.6) is 11.5 Å². The molecule has 26 heavy (non-hydrogen) atoms. The van der Waals surface area contributed by atoms with Crippen LogP contribution in [0.4, 0.5) is 0 Å². The van der Waals surface area contributed by atoms with Gasteiger partial charge in [-0.25, -0.2) is 4.99 Å². The third-order valence-electron chi connectivity index (χ3n) is 4.55. The number of aromatic nitrogens is 2. The number of nitrogens with zero attached hydrogens (tertiary/aromatic N) is 1. The van der Waals surface area contributed by atoms with E-state index in [4.69, 9.17) is 14.5 Å². The fraction of sp³-hybridized carbons (Fsp3) is 0.190. The molecular formula is C21H21N3O2. The maximum absolute atomic E-state index is 5.55. The summed E-state index contributed by atoms with van der Waals surface area (Å²) in [6.45, 7) is 4.14. The molecule has 3 aromatic rings. The lowest BCUT2D eigenvalue weighted by Gasteiger charge is -1.95. The molecule has 1 aromatic carbocycles. The van der Waals surface area contributed by atoms with Crippen molar-refractivity contribution >= 4 is 17.8 Å². The monoisotopic (exact) mass is 347 g/mol. The Balaban J connectivity index is 1.89. The van der Waals surface area contributed by atoms with Crippen molar-refractivity contribution in [2.45, 2.75) is 13.8 Å². The molecule has 132 valence electrons. The van der Waals surface area contributed by atoms with Crippen LogP contribution in [0.15, 0.2) is 35.3 Å². The predicted octanol–water partition coefficient (Wildman–Crippen LogP) is 1.03. The van der Waals surface area contributed by atoms with Crippen LogP contribution in [0.25, 0.3) is 17.8 Å². The average molecular weight is 347 g/mol. The first-order chi connectivity index (χ1) is 12.6. The number of H-pyrrole nitrogens is 2. The number of nitrogens with one attached hydrogen (secondary N) is 2. The molecule has 5 heteroatoms. The van der Waals surface area contributed by atoms with Gasteiger partial charge in [0.25, 0.3) is 0 Å². The molecule has 0 atom stereocenters. The fourth-order valence-electron chi connectivity index (χ4n) is 3.23. The molecule has 0 fully saturated rings. The Morgan fingerprint density at radius 3 is 2.54 bits per heavy atom. The molecule has 2 N–H and O–H groups in total. The maximum Gasteiger partial charge on any atom is 0.144 e. The lowest BCUT2D eigenvalue weighted by Crippen LogP contribution is -2.20. The minimum Gasteiger partial charge on any atom is -0.497 e. The van der Waals surface area contributed by atoms with Gasteiger partial charge in [0.1, 0.15) is 11.5 Å². The summed E-state index contributed by atoms with van der Waals surface area (Å²) in [6.07, 6.45) is 4.12. The van der Waals surface area contributed by atoms with E-state index >= 15 is 0 Å². The molecular weight excluding hydrogens is 326 g/mol. The van der Waals surface area contributed by atoms with Crippen LogP contribution in [-0.4, -0.2) is 24.2 Å². The van der Waals surface area contributed by atoms with E-state index in [1.165, 1.54) is 5.56 Å². The Kier molecular flexibility index (Phi) is 3.92. The van der Waals surface area contributed by atoms with Gasteiger partial charge in [-0.05, 0) is 55.8 Å². The molecule has 0 radical (unpaired) electrons. The van der Waals surface area contributed by atoms with Crippen LogP contribution in [0, 0.1) is 13.8 Å². The summed E-state index contributed by atoms with van der Waals surface area (Å²) in [5.74, 6) is 1.61. The Labute approximate surface area is 151 Å². The number of rotatable bonds is 3. The molecule has 4 rings (SSSR count). The standard InChI is InChI=1S/C21H21N3O2/c1-12-7-13(2)22-17(12)10-20-21(26-4)11-19(24-20)18-9-14-8-15(25-3)5-6-16(14)23-18/h5-11,22,24H,1-4H3. The highest BCUT2D eigenvalue weighted by Gasteiger charge is 2.07. The third kappa shape index (κ3) is 2.81. The van der Waals surface area contributed by atoms with E-state index in [1.807, 2.05) is 24.3 Å². The van der Waals surface area contributed by atoms with Gasteiger partial charge in [-0.2, -0.15) is 0 Å². The number of hydrogen-bond acceptors (Lipinski definition) is 3. The van der Waals surface area contributed by atoms with Gasteiger partial charge in [-0.15, -0.1) is 0 Å². The zero-order chi connectivity index (χ0) is 18.3. The average Bonchev–Trinajstić information content (AvgIpc) is 3.31. The Morgan fingerprint density at radius 1 is 1.00 bits per heavy atom. The third-order valence-corrected chi connectivity index (χ3v) is 4.55. The highest BCUT2D eigenvalue weighted by Crippen LogP contribution is 2.11. The van der Waals surface area contributed by atoms with E-state index in [1.54, 1.807) is 14.2 Å². The Hall–Kier alpha value is -3.21. The zero-order valence-corrected chi connectivity index (χ0v) is 15.3. The SMILES string of the molecule is COc1ccc2c(c1)=CC(=c1cc(OC)c(=Cc3[nH]c(C)cc3C)[nH]1)N=2. The molecule has 2 aromatic heterocycles. The minimum atomic E-state index is 0.788. The largest absolute Gasteiger partial charge is 0.497 e. The second-order valence-corrected chi connectivity index (χ2v) is 6.42. The van der Waals surface area contributed by atoms with Crippen LogP contribution < -0.4 is 30.7 Å². The van der Waals surface area contributed by atoms with Crippen LogP contribution in [0.3, 0.4) is 0 Å². The molecule has 1 aliphatic heterocycles. The molecule has 0 saturated carbocycles. The van der Waals surface area contributed by atoms with Crippen molar-refractivity contribution < 1.29 is 9.47 Å². The van der Waals surface area contributed by atoms with E-state index in [9.17, 15) is 0 Å². The Bertz CT molecular complexity index is 1230. The molecule has 0 saturated heterocycles. The van der Waals surface area contributed by atoms with Gasteiger partial charge >= 0.3 is 0 Å². The van der Waals surface area contributed by atoms with Gasteiger partial charge in [0, 0.05) is 22.7 Å². The molecule has 0 unspecified atom stereocenters.